The van der Waals surface area contributed by atoms with Crippen LogP contribution >= 0.6 is 22.9 Å². The number of aromatic nitrogens is 1. The van der Waals surface area contributed by atoms with Crippen molar-refractivity contribution in [2.75, 3.05) is 4.90 Å². The summed E-state index contributed by atoms with van der Waals surface area (Å²) >= 11 is 6.62. The number of amides is 1. The zero-order valence-electron chi connectivity index (χ0n) is 20.5. The second-order valence-corrected chi connectivity index (χ2v) is 12.4. The molecule has 0 saturated carbocycles. The standard InChI is InChI=1S/C27H18ClN3O7S2/c1-15-2-4-16(5-3-15)23-22(24(32)17-6-8-18(28)9-7-17)25(33)26(34)30(23)27-29-14-21(39-27)40(37,38)20-12-10-19(11-13-20)31(35)36/h2-14,23,32H,1H3. The summed E-state index contributed by atoms with van der Waals surface area (Å²) < 4.78 is 26.2. The van der Waals surface area contributed by atoms with Crippen molar-refractivity contribution in [2.24, 2.45) is 0 Å². The third-order valence-corrected chi connectivity index (χ3v) is 9.74. The molecule has 2 heterocycles. The number of carbonyl (C=O) groups excluding carboxylic acids is 2. The van der Waals surface area contributed by atoms with Gasteiger partial charge in [0.1, 0.15) is 9.97 Å². The van der Waals surface area contributed by atoms with Gasteiger partial charge >= 0.3 is 5.91 Å². The molecule has 1 aliphatic heterocycles. The molecular weight excluding hydrogens is 578 g/mol. The van der Waals surface area contributed by atoms with Gasteiger partial charge in [0.05, 0.1) is 27.6 Å². The van der Waals surface area contributed by atoms with E-state index in [1.54, 1.807) is 24.3 Å². The van der Waals surface area contributed by atoms with Gasteiger partial charge in [0, 0.05) is 22.7 Å². The number of Topliss-reactive ketones (excluding diaryl/α,β-unsaturated/α-hetero) is 1. The molecule has 0 radical (unpaired) electrons. The first-order chi connectivity index (χ1) is 19.0. The fraction of sp³-hybridized carbons (Fsp3) is 0.0741. The average Bonchev–Trinajstić information content (AvgIpc) is 3.53. The van der Waals surface area contributed by atoms with E-state index in [9.17, 15) is 33.2 Å². The van der Waals surface area contributed by atoms with E-state index in [1.165, 1.54) is 24.3 Å². The summed E-state index contributed by atoms with van der Waals surface area (Å²) in [6.45, 7) is 1.87. The number of thiazole rings is 1. The van der Waals surface area contributed by atoms with Gasteiger partial charge in [-0.2, -0.15) is 0 Å². The Morgan fingerprint density at radius 1 is 1.02 bits per heavy atom. The molecule has 202 valence electrons. The molecule has 3 aromatic carbocycles. The molecule has 0 aliphatic carbocycles. The number of nitro groups is 1. The summed E-state index contributed by atoms with van der Waals surface area (Å²) in [4.78, 5) is 42.0. The highest BCUT2D eigenvalue weighted by molar-refractivity contribution is 7.93. The zero-order valence-corrected chi connectivity index (χ0v) is 22.9. The first kappa shape index (κ1) is 27.2. The number of benzene rings is 3. The van der Waals surface area contributed by atoms with Gasteiger partial charge in [-0.3, -0.25) is 24.6 Å². The van der Waals surface area contributed by atoms with E-state index in [1.807, 2.05) is 6.92 Å². The number of sulfone groups is 1. The van der Waals surface area contributed by atoms with Crippen LogP contribution in [0.2, 0.25) is 5.02 Å². The molecule has 1 fully saturated rings. The van der Waals surface area contributed by atoms with Gasteiger partial charge in [-0.1, -0.05) is 52.8 Å². The van der Waals surface area contributed by atoms with Crippen molar-refractivity contribution in [3.8, 4) is 0 Å². The van der Waals surface area contributed by atoms with Crippen molar-refractivity contribution in [1.82, 2.24) is 4.98 Å². The predicted molar refractivity (Wildman–Crippen MR) is 148 cm³/mol. The molecule has 1 N–H and O–H groups in total. The number of aryl methyl sites for hydroxylation is 1. The lowest BCUT2D eigenvalue weighted by molar-refractivity contribution is -0.384. The molecule has 0 spiro atoms. The van der Waals surface area contributed by atoms with Crippen LogP contribution in [0.15, 0.2) is 93.7 Å². The first-order valence-electron chi connectivity index (χ1n) is 11.6. The Balaban J connectivity index is 1.62. The maximum absolute atomic E-state index is 13.4. The third-order valence-electron chi connectivity index (χ3n) is 6.26. The van der Waals surface area contributed by atoms with Crippen molar-refractivity contribution in [1.29, 1.82) is 0 Å². The highest BCUT2D eigenvalue weighted by Gasteiger charge is 2.48. The molecule has 0 bridgehead atoms. The van der Waals surface area contributed by atoms with Gasteiger partial charge in [-0.25, -0.2) is 13.4 Å². The second kappa shape index (κ2) is 10.3. The maximum Gasteiger partial charge on any atom is 0.301 e. The number of anilines is 1. The number of non-ortho nitro benzene ring substituents is 1. The molecule has 1 aromatic heterocycles. The number of aliphatic hydroxyl groups is 1. The minimum atomic E-state index is -4.15. The monoisotopic (exact) mass is 595 g/mol. The molecule has 13 heteroatoms. The Bertz CT molecular complexity index is 1800. The number of rotatable bonds is 6. The maximum atomic E-state index is 13.4. The first-order valence-corrected chi connectivity index (χ1v) is 14.3. The summed E-state index contributed by atoms with van der Waals surface area (Å²) in [5.41, 5.74) is 1.22. The number of ketones is 1. The molecule has 10 nitrogen and oxygen atoms in total. The minimum Gasteiger partial charge on any atom is -0.507 e. The van der Waals surface area contributed by atoms with Crippen LogP contribution < -0.4 is 4.90 Å². The van der Waals surface area contributed by atoms with E-state index in [-0.39, 0.29) is 31.1 Å². The van der Waals surface area contributed by atoms with E-state index >= 15 is 0 Å². The topological polar surface area (TPSA) is 148 Å². The number of halogens is 1. The molecule has 1 unspecified atom stereocenters. The van der Waals surface area contributed by atoms with Crippen molar-refractivity contribution in [3.05, 3.63) is 116 Å². The van der Waals surface area contributed by atoms with E-state index in [0.717, 1.165) is 40.9 Å². The normalized spacial score (nSPS) is 16.9. The summed E-state index contributed by atoms with van der Waals surface area (Å²) in [6.07, 6.45) is 1.06. The number of nitro benzene ring substituents is 1. The lowest BCUT2D eigenvalue weighted by Gasteiger charge is -2.23. The fourth-order valence-corrected chi connectivity index (χ4v) is 6.88. The quantitative estimate of drug-likeness (QED) is 0.101. The average molecular weight is 596 g/mol. The van der Waals surface area contributed by atoms with Crippen molar-refractivity contribution in [3.63, 3.8) is 0 Å². The predicted octanol–water partition coefficient (Wildman–Crippen LogP) is 5.47. The third kappa shape index (κ3) is 4.76. The Morgan fingerprint density at radius 3 is 2.25 bits per heavy atom. The molecule has 1 aliphatic rings. The number of nitrogens with zero attached hydrogens (tertiary/aromatic N) is 3. The van der Waals surface area contributed by atoms with Crippen molar-refractivity contribution in [2.45, 2.75) is 22.1 Å². The van der Waals surface area contributed by atoms with Gasteiger partial charge in [0.25, 0.3) is 11.5 Å². The van der Waals surface area contributed by atoms with Crippen LogP contribution in [0.4, 0.5) is 10.8 Å². The lowest BCUT2D eigenvalue weighted by atomic mass is 9.95. The van der Waals surface area contributed by atoms with Crippen LogP contribution in [0.5, 0.6) is 0 Å². The van der Waals surface area contributed by atoms with E-state index in [2.05, 4.69) is 4.98 Å². The van der Waals surface area contributed by atoms with Crippen LogP contribution in [-0.2, 0) is 19.4 Å². The Kier molecular flexibility index (Phi) is 7.00. The van der Waals surface area contributed by atoms with Gasteiger partial charge in [0.2, 0.25) is 9.84 Å². The molecule has 1 amide bonds. The van der Waals surface area contributed by atoms with Crippen LogP contribution in [0.25, 0.3) is 5.76 Å². The van der Waals surface area contributed by atoms with Crippen LogP contribution in [0.1, 0.15) is 22.7 Å². The van der Waals surface area contributed by atoms with Gasteiger partial charge < -0.3 is 5.11 Å². The summed E-state index contributed by atoms with van der Waals surface area (Å²) in [5.74, 6) is -2.37. The van der Waals surface area contributed by atoms with Gasteiger partial charge in [-0.15, -0.1) is 0 Å². The van der Waals surface area contributed by atoms with Crippen molar-refractivity contribution < 1.29 is 28.0 Å². The summed E-state index contributed by atoms with van der Waals surface area (Å²) in [5, 5.41) is 22.4. The molecule has 1 saturated heterocycles. The molecule has 5 rings (SSSR count). The van der Waals surface area contributed by atoms with E-state index in [0.29, 0.717) is 21.9 Å². The minimum absolute atomic E-state index is 0.0803. The molecule has 1 atom stereocenters. The van der Waals surface area contributed by atoms with Gasteiger partial charge in [0.15, 0.2) is 5.13 Å². The Hall–Kier alpha value is -4.39. The van der Waals surface area contributed by atoms with Crippen LogP contribution in [0.3, 0.4) is 0 Å². The second-order valence-electron chi connectivity index (χ2n) is 8.80. The molecule has 40 heavy (non-hydrogen) atoms. The molecular formula is C27H18ClN3O7S2. The Morgan fingerprint density at radius 2 is 1.65 bits per heavy atom. The van der Waals surface area contributed by atoms with Gasteiger partial charge in [-0.05, 0) is 48.9 Å². The summed E-state index contributed by atoms with van der Waals surface area (Å²) in [6, 6.07) is 16.3. The SMILES string of the molecule is Cc1ccc(C2C(=C(O)c3ccc(Cl)cc3)C(=O)C(=O)N2c2ncc(S(=O)(=O)c3ccc([N+](=O)[O-])cc3)s2)cc1. The van der Waals surface area contributed by atoms with E-state index < -0.39 is 38.3 Å². The van der Waals surface area contributed by atoms with Crippen molar-refractivity contribution >= 4 is 61.0 Å². The number of carbonyl (C=O) groups is 2. The number of hydrogen-bond donors (Lipinski definition) is 1. The fourth-order valence-electron chi connectivity index (χ4n) is 4.21. The highest BCUT2D eigenvalue weighted by atomic mass is 35.5. The number of hydrogen-bond acceptors (Lipinski definition) is 9. The smallest absolute Gasteiger partial charge is 0.301 e. The summed E-state index contributed by atoms with van der Waals surface area (Å²) in [7, 11) is -4.15. The van der Waals surface area contributed by atoms with Crippen LogP contribution in [0, 0.1) is 17.0 Å². The van der Waals surface area contributed by atoms with Crippen LogP contribution in [-0.4, -0.2) is 35.1 Å². The lowest BCUT2D eigenvalue weighted by Crippen LogP contribution is -2.29. The largest absolute Gasteiger partial charge is 0.507 e. The zero-order chi connectivity index (χ0) is 28.8. The number of aliphatic hydroxyl groups excluding tert-OH is 1. The highest BCUT2D eigenvalue weighted by Crippen LogP contribution is 2.44. The molecule has 4 aromatic rings. The van der Waals surface area contributed by atoms with E-state index in [4.69, 9.17) is 11.6 Å². The Labute approximate surface area is 236 Å².